The fourth-order valence-electron chi connectivity index (χ4n) is 1.33. The first-order valence-electron chi connectivity index (χ1n) is 4.87. The maximum Gasteiger partial charge on any atom is 0.253 e. The number of hydrogen-bond acceptors (Lipinski definition) is 3. The molecule has 4 nitrogen and oxygen atoms in total. The van der Waals surface area contributed by atoms with Crippen LogP contribution in [0.25, 0.3) is 0 Å². The maximum atomic E-state index is 11.9. The zero-order valence-electron chi connectivity index (χ0n) is 9.58. The Hall–Kier alpha value is -1.13. The molecular weight excluding hydrogens is 228 g/mol. The Bertz CT molecular complexity index is 380. The minimum Gasteiger partial charge on any atom is -0.382 e. The summed E-state index contributed by atoms with van der Waals surface area (Å²) in [6, 6.07) is 1.58. The molecule has 0 bridgehead atoms. The monoisotopic (exact) mass is 242 g/mol. The van der Waals surface area contributed by atoms with Crippen molar-refractivity contribution >= 4 is 17.5 Å². The third-order valence-corrected chi connectivity index (χ3v) is 2.28. The molecule has 88 valence electrons. The molecule has 16 heavy (non-hydrogen) atoms. The van der Waals surface area contributed by atoms with E-state index in [1.807, 2.05) is 13.8 Å². The fraction of sp³-hybridized carbons (Fsp3) is 0.455. The van der Waals surface area contributed by atoms with Crippen molar-refractivity contribution in [3.05, 3.63) is 29.0 Å². The second-order valence-electron chi connectivity index (χ2n) is 4.13. The van der Waals surface area contributed by atoms with Gasteiger partial charge in [-0.1, -0.05) is 11.6 Å². The van der Waals surface area contributed by atoms with Crippen LogP contribution in [0.5, 0.6) is 0 Å². The average Bonchev–Trinajstić information content (AvgIpc) is 2.17. The van der Waals surface area contributed by atoms with Crippen LogP contribution in [-0.4, -0.2) is 30.1 Å². The minimum atomic E-state index is -0.432. The quantitative estimate of drug-likeness (QED) is 0.877. The molecule has 0 fully saturated rings. The molecule has 0 aliphatic carbocycles. The summed E-state index contributed by atoms with van der Waals surface area (Å²) in [5.41, 5.74) is -0.0147. The van der Waals surface area contributed by atoms with E-state index in [9.17, 15) is 4.79 Å². The molecule has 1 heterocycles. The number of carbonyl (C=O) groups excluding carboxylic acids is 1. The largest absolute Gasteiger partial charge is 0.382 e. The Morgan fingerprint density at radius 1 is 1.62 bits per heavy atom. The van der Waals surface area contributed by atoms with Crippen molar-refractivity contribution in [2.75, 3.05) is 13.7 Å². The number of rotatable bonds is 4. The van der Waals surface area contributed by atoms with Crippen molar-refractivity contribution in [1.29, 1.82) is 0 Å². The lowest BCUT2D eigenvalue weighted by atomic mass is 10.1. The van der Waals surface area contributed by atoms with Gasteiger partial charge in [-0.2, -0.15) is 0 Å². The van der Waals surface area contributed by atoms with Gasteiger partial charge < -0.3 is 10.1 Å². The average molecular weight is 243 g/mol. The normalized spacial score (nSPS) is 11.2. The SMILES string of the molecule is COCC(C)(C)NC(=O)c1ccncc1Cl. The molecule has 5 heteroatoms. The highest BCUT2D eigenvalue weighted by Crippen LogP contribution is 2.14. The molecule has 0 unspecified atom stereocenters. The highest BCUT2D eigenvalue weighted by atomic mass is 35.5. The van der Waals surface area contributed by atoms with Gasteiger partial charge in [-0.05, 0) is 19.9 Å². The highest BCUT2D eigenvalue weighted by Gasteiger charge is 2.22. The predicted molar refractivity (Wildman–Crippen MR) is 62.7 cm³/mol. The molecule has 0 atom stereocenters. The van der Waals surface area contributed by atoms with Crippen LogP contribution < -0.4 is 5.32 Å². The Morgan fingerprint density at radius 3 is 2.88 bits per heavy atom. The number of hydrogen-bond donors (Lipinski definition) is 1. The van der Waals surface area contributed by atoms with Crippen LogP contribution in [0.4, 0.5) is 0 Å². The lowest BCUT2D eigenvalue weighted by Gasteiger charge is -2.25. The number of halogens is 1. The highest BCUT2D eigenvalue weighted by molar-refractivity contribution is 6.33. The smallest absolute Gasteiger partial charge is 0.253 e. The van der Waals surface area contributed by atoms with E-state index in [-0.39, 0.29) is 5.91 Å². The number of carbonyl (C=O) groups is 1. The number of amides is 1. The summed E-state index contributed by atoms with van der Waals surface area (Å²) >= 11 is 5.87. The van der Waals surface area contributed by atoms with E-state index >= 15 is 0 Å². The van der Waals surface area contributed by atoms with Gasteiger partial charge in [0.25, 0.3) is 5.91 Å². The van der Waals surface area contributed by atoms with Gasteiger partial charge in [-0.15, -0.1) is 0 Å². The third-order valence-electron chi connectivity index (χ3n) is 1.97. The first kappa shape index (κ1) is 12.9. The number of ether oxygens (including phenoxy) is 1. The van der Waals surface area contributed by atoms with Crippen molar-refractivity contribution in [2.24, 2.45) is 0 Å². The second-order valence-corrected chi connectivity index (χ2v) is 4.53. The van der Waals surface area contributed by atoms with Crippen molar-refractivity contribution in [2.45, 2.75) is 19.4 Å². The van der Waals surface area contributed by atoms with Crippen molar-refractivity contribution in [1.82, 2.24) is 10.3 Å². The molecular formula is C11H15ClN2O2. The number of pyridine rings is 1. The van der Waals surface area contributed by atoms with E-state index in [0.717, 1.165) is 0 Å². The molecule has 0 radical (unpaired) electrons. The van der Waals surface area contributed by atoms with E-state index in [4.69, 9.17) is 16.3 Å². The van der Waals surface area contributed by atoms with Gasteiger partial charge >= 0.3 is 0 Å². The number of aromatic nitrogens is 1. The third kappa shape index (κ3) is 3.47. The molecule has 0 spiro atoms. The van der Waals surface area contributed by atoms with E-state index in [1.165, 1.54) is 12.4 Å². The van der Waals surface area contributed by atoms with E-state index in [2.05, 4.69) is 10.3 Å². The first-order chi connectivity index (χ1) is 7.46. The lowest BCUT2D eigenvalue weighted by molar-refractivity contribution is 0.0820. The molecule has 0 aliphatic heterocycles. The molecule has 1 aromatic heterocycles. The molecule has 0 saturated heterocycles. The van der Waals surface area contributed by atoms with Crippen LogP contribution in [-0.2, 0) is 4.74 Å². The van der Waals surface area contributed by atoms with Crippen molar-refractivity contribution < 1.29 is 9.53 Å². The zero-order valence-corrected chi connectivity index (χ0v) is 10.3. The topological polar surface area (TPSA) is 51.2 Å². The first-order valence-corrected chi connectivity index (χ1v) is 5.25. The van der Waals surface area contributed by atoms with Crippen LogP contribution in [0.2, 0.25) is 5.02 Å². The van der Waals surface area contributed by atoms with Crippen LogP contribution in [0.1, 0.15) is 24.2 Å². The number of nitrogens with one attached hydrogen (secondary N) is 1. The summed E-state index contributed by atoms with van der Waals surface area (Å²) in [5, 5.41) is 3.18. The molecule has 1 aromatic rings. The van der Waals surface area contributed by atoms with E-state index in [1.54, 1.807) is 13.2 Å². The molecule has 1 N–H and O–H groups in total. The fourth-order valence-corrected chi connectivity index (χ4v) is 1.54. The van der Waals surface area contributed by atoms with Gasteiger partial charge in [0.1, 0.15) is 0 Å². The van der Waals surface area contributed by atoms with Gasteiger partial charge in [0.05, 0.1) is 22.7 Å². The van der Waals surface area contributed by atoms with Crippen LogP contribution in [0.3, 0.4) is 0 Å². The lowest BCUT2D eigenvalue weighted by Crippen LogP contribution is -2.46. The second kappa shape index (κ2) is 5.27. The summed E-state index contributed by atoms with van der Waals surface area (Å²) in [4.78, 5) is 15.7. The summed E-state index contributed by atoms with van der Waals surface area (Å²) in [6.07, 6.45) is 2.98. The van der Waals surface area contributed by atoms with Gasteiger partial charge in [-0.3, -0.25) is 9.78 Å². The van der Waals surface area contributed by atoms with Gasteiger partial charge in [0, 0.05) is 19.5 Å². The number of nitrogens with zero attached hydrogens (tertiary/aromatic N) is 1. The Kier molecular flexibility index (Phi) is 4.26. The Morgan fingerprint density at radius 2 is 2.31 bits per heavy atom. The van der Waals surface area contributed by atoms with E-state index in [0.29, 0.717) is 17.2 Å². The molecule has 0 aromatic carbocycles. The Balaban J connectivity index is 2.77. The maximum absolute atomic E-state index is 11.9. The van der Waals surface area contributed by atoms with Crippen molar-refractivity contribution in [3.63, 3.8) is 0 Å². The summed E-state index contributed by atoms with van der Waals surface area (Å²) < 4.78 is 5.01. The number of methoxy groups -OCH3 is 1. The molecule has 1 rings (SSSR count). The predicted octanol–water partition coefficient (Wildman–Crippen LogP) is 1.89. The standard InChI is InChI=1S/C11H15ClN2O2/c1-11(2,7-16-3)14-10(15)8-4-5-13-6-9(8)12/h4-6H,7H2,1-3H3,(H,14,15). The Labute approximate surface area is 100.0 Å². The molecule has 1 amide bonds. The van der Waals surface area contributed by atoms with E-state index < -0.39 is 5.54 Å². The van der Waals surface area contributed by atoms with Crippen molar-refractivity contribution in [3.8, 4) is 0 Å². The van der Waals surface area contributed by atoms with Gasteiger partial charge in [0.2, 0.25) is 0 Å². The molecule has 0 saturated carbocycles. The van der Waals surface area contributed by atoms with Gasteiger partial charge in [-0.25, -0.2) is 0 Å². The summed E-state index contributed by atoms with van der Waals surface area (Å²) in [6.45, 7) is 4.19. The minimum absolute atomic E-state index is 0.227. The zero-order chi connectivity index (χ0) is 12.2. The molecule has 0 aliphatic rings. The van der Waals surface area contributed by atoms with Crippen LogP contribution >= 0.6 is 11.6 Å². The summed E-state index contributed by atoms with van der Waals surface area (Å²) in [7, 11) is 1.59. The summed E-state index contributed by atoms with van der Waals surface area (Å²) in [5.74, 6) is -0.227. The van der Waals surface area contributed by atoms with Crippen LogP contribution in [0.15, 0.2) is 18.5 Å². The van der Waals surface area contributed by atoms with Crippen LogP contribution in [0, 0.1) is 0 Å². The van der Waals surface area contributed by atoms with Gasteiger partial charge in [0.15, 0.2) is 0 Å².